The third-order valence-electron chi connectivity index (χ3n) is 4.73. The molecule has 1 atom stereocenters. The topological polar surface area (TPSA) is 0 Å². The lowest BCUT2D eigenvalue weighted by atomic mass is 9.88. The molecule has 2 aromatic rings. The van der Waals surface area contributed by atoms with Gasteiger partial charge in [0.05, 0.1) is 24.3 Å². The van der Waals surface area contributed by atoms with Gasteiger partial charge in [0.2, 0.25) is 0 Å². The van der Waals surface area contributed by atoms with E-state index in [9.17, 15) is 0 Å². The van der Waals surface area contributed by atoms with Crippen LogP contribution in [0.25, 0.3) is 6.08 Å². The van der Waals surface area contributed by atoms with E-state index in [4.69, 9.17) is 11.6 Å². The van der Waals surface area contributed by atoms with Crippen LogP contribution in [0.2, 0.25) is 5.02 Å². The summed E-state index contributed by atoms with van der Waals surface area (Å²) in [5.74, 6) is 0. The highest BCUT2D eigenvalue weighted by Crippen LogP contribution is 2.43. The van der Waals surface area contributed by atoms with Crippen LogP contribution >= 0.6 is 11.6 Å². The molecule has 0 amide bonds. The number of quaternary nitrogens is 1. The molecule has 21 heavy (non-hydrogen) atoms. The maximum atomic E-state index is 6.53. The maximum absolute atomic E-state index is 6.53. The molecule has 0 aliphatic carbocycles. The predicted octanol–water partition coefficient (Wildman–Crippen LogP) is 5.27. The quantitative estimate of drug-likeness (QED) is 0.677. The first-order valence-corrected chi connectivity index (χ1v) is 7.98. The highest BCUT2D eigenvalue weighted by molar-refractivity contribution is 6.31. The molecule has 1 nitrogen and oxygen atoms in total. The van der Waals surface area contributed by atoms with Gasteiger partial charge in [-0.2, -0.15) is 0 Å². The van der Waals surface area contributed by atoms with Crippen molar-refractivity contribution in [1.29, 1.82) is 0 Å². The fraction of sp³-hybridized carbons (Fsp3) is 0.263. The van der Waals surface area contributed by atoms with E-state index in [1.54, 1.807) is 0 Å². The Hall–Kier alpha value is -1.57. The second kappa shape index (κ2) is 5.67. The van der Waals surface area contributed by atoms with Gasteiger partial charge in [-0.05, 0) is 31.6 Å². The van der Waals surface area contributed by atoms with Gasteiger partial charge in [0.15, 0.2) is 0 Å². The van der Waals surface area contributed by atoms with E-state index < -0.39 is 0 Å². The summed E-state index contributed by atoms with van der Waals surface area (Å²) in [6.07, 6.45) is 4.60. The van der Waals surface area contributed by atoms with Gasteiger partial charge in [-0.1, -0.05) is 54.1 Å². The van der Waals surface area contributed by atoms with Gasteiger partial charge in [-0.25, -0.2) is 0 Å². The lowest BCUT2D eigenvalue weighted by molar-refractivity contribution is -0.901. The molecular formula is C19H21ClN+. The summed E-state index contributed by atoms with van der Waals surface area (Å²) in [7, 11) is 0. The number of hydrogen-bond acceptors (Lipinski definition) is 0. The largest absolute Gasteiger partial charge is 0.288 e. The molecular weight excluding hydrogens is 278 g/mol. The Morgan fingerprint density at radius 2 is 1.52 bits per heavy atom. The Kier molecular flexibility index (Phi) is 3.88. The highest BCUT2D eigenvalue weighted by atomic mass is 35.5. The fourth-order valence-corrected chi connectivity index (χ4v) is 3.68. The summed E-state index contributed by atoms with van der Waals surface area (Å²) < 4.78 is 0.917. The van der Waals surface area contributed by atoms with E-state index in [0.29, 0.717) is 0 Å². The van der Waals surface area contributed by atoms with Crippen LogP contribution in [0.1, 0.15) is 36.6 Å². The Balaban J connectivity index is 2.25. The van der Waals surface area contributed by atoms with E-state index in [1.807, 2.05) is 12.1 Å². The first kappa shape index (κ1) is 14.4. The zero-order valence-electron chi connectivity index (χ0n) is 12.6. The van der Waals surface area contributed by atoms with Crippen LogP contribution in [-0.4, -0.2) is 17.6 Å². The Morgan fingerprint density at radius 1 is 0.905 bits per heavy atom. The molecule has 0 radical (unpaired) electrons. The van der Waals surface area contributed by atoms with Crippen molar-refractivity contribution in [2.75, 3.05) is 13.1 Å². The molecule has 2 aromatic carbocycles. The molecule has 0 saturated carbocycles. The van der Waals surface area contributed by atoms with Crippen molar-refractivity contribution in [2.45, 2.75) is 19.9 Å². The summed E-state index contributed by atoms with van der Waals surface area (Å²) >= 11 is 6.53. The van der Waals surface area contributed by atoms with Crippen molar-refractivity contribution in [3.8, 4) is 0 Å². The normalized spacial score (nSPS) is 19.3. The van der Waals surface area contributed by atoms with Crippen LogP contribution in [0.3, 0.4) is 0 Å². The number of halogens is 1. The van der Waals surface area contributed by atoms with Crippen molar-refractivity contribution >= 4 is 17.7 Å². The summed E-state index contributed by atoms with van der Waals surface area (Å²) in [5, 5.41) is 0.858. The van der Waals surface area contributed by atoms with Crippen LogP contribution in [0.4, 0.5) is 0 Å². The first-order chi connectivity index (χ1) is 10.2. The Labute approximate surface area is 132 Å². The third-order valence-corrected chi connectivity index (χ3v) is 5.08. The number of benzene rings is 2. The van der Waals surface area contributed by atoms with Crippen LogP contribution in [-0.2, 0) is 0 Å². The van der Waals surface area contributed by atoms with Crippen molar-refractivity contribution in [3.05, 3.63) is 76.4 Å². The molecule has 0 aromatic heterocycles. The summed E-state index contributed by atoms with van der Waals surface area (Å²) in [4.78, 5) is 0. The SMILES string of the molecule is CC[N+]1(CC)C=Cc2ccccc2C1c1ccccc1Cl. The first-order valence-electron chi connectivity index (χ1n) is 7.61. The minimum Gasteiger partial charge on any atom is -0.288 e. The van der Waals surface area contributed by atoms with Crippen LogP contribution in [0, 0.1) is 0 Å². The minimum atomic E-state index is 0.273. The Bertz CT molecular complexity index is 671. The molecule has 108 valence electrons. The number of fused-ring (bicyclic) bond motifs is 1. The monoisotopic (exact) mass is 298 g/mol. The molecule has 1 aliphatic rings. The molecule has 0 fully saturated rings. The van der Waals surface area contributed by atoms with Crippen molar-refractivity contribution < 1.29 is 4.48 Å². The van der Waals surface area contributed by atoms with E-state index in [0.717, 1.165) is 22.6 Å². The minimum absolute atomic E-state index is 0.273. The molecule has 1 unspecified atom stereocenters. The lowest BCUT2D eigenvalue weighted by Gasteiger charge is -2.43. The number of nitrogens with zero attached hydrogens (tertiary/aromatic N) is 1. The van der Waals surface area contributed by atoms with Gasteiger partial charge >= 0.3 is 0 Å². The molecule has 3 rings (SSSR count). The van der Waals surface area contributed by atoms with Crippen molar-refractivity contribution in [2.24, 2.45) is 0 Å². The second-order valence-electron chi connectivity index (χ2n) is 5.60. The molecule has 0 bridgehead atoms. The van der Waals surface area contributed by atoms with Crippen molar-refractivity contribution in [1.82, 2.24) is 0 Å². The molecule has 1 aliphatic heterocycles. The fourth-order valence-electron chi connectivity index (χ4n) is 3.44. The van der Waals surface area contributed by atoms with Gasteiger partial charge < -0.3 is 0 Å². The highest BCUT2D eigenvalue weighted by Gasteiger charge is 2.39. The third kappa shape index (κ3) is 2.31. The van der Waals surface area contributed by atoms with Gasteiger partial charge in [0, 0.05) is 11.1 Å². The molecule has 1 heterocycles. The maximum Gasteiger partial charge on any atom is 0.147 e. The molecule has 0 N–H and O–H groups in total. The Morgan fingerprint density at radius 3 is 2.19 bits per heavy atom. The molecule has 0 spiro atoms. The smallest absolute Gasteiger partial charge is 0.147 e. The lowest BCUT2D eigenvalue weighted by Crippen LogP contribution is -2.47. The standard InChI is InChI=1S/C19H21ClN/c1-3-21(4-2)14-13-15-9-5-6-10-16(15)19(21)17-11-7-8-12-18(17)20/h5-14,19H,3-4H2,1-2H3/q+1. The average Bonchev–Trinajstić information content (AvgIpc) is 2.54. The average molecular weight is 299 g/mol. The summed E-state index contributed by atoms with van der Waals surface area (Å²) in [6.45, 7) is 6.62. The van der Waals surface area contributed by atoms with Crippen molar-refractivity contribution in [3.63, 3.8) is 0 Å². The number of hydrogen-bond donors (Lipinski definition) is 0. The van der Waals surface area contributed by atoms with Crippen LogP contribution in [0.15, 0.2) is 54.7 Å². The van der Waals surface area contributed by atoms with Gasteiger partial charge in [0.25, 0.3) is 0 Å². The van der Waals surface area contributed by atoms with Crippen LogP contribution < -0.4 is 0 Å². The second-order valence-corrected chi connectivity index (χ2v) is 6.01. The summed E-state index contributed by atoms with van der Waals surface area (Å²) in [5.41, 5.74) is 3.90. The zero-order valence-corrected chi connectivity index (χ0v) is 13.3. The van der Waals surface area contributed by atoms with Gasteiger partial charge in [0.1, 0.15) is 6.04 Å². The van der Waals surface area contributed by atoms with E-state index >= 15 is 0 Å². The van der Waals surface area contributed by atoms with E-state index in [1.165, 1.54) is 16.7 Å². The molecule has 0 saturated heterocycles. The van der Waals surface area contributed by atoms with E-state index in [-0.39, 0.29) is 6.04 Å². The van der Waals surface area contributed by atoms with Crippen LogP contribution in [0.5, 0.6) is 0 Å². The molecule has 2 heteroatoms. The summed E-state index contributed by atoms with van der Waals surface area (Å²) in [6, 6.07) is 17.2. The number of rotatable bonds is 3. The zero-order chi connectivity index (χ0) is 14.9. The van der Waals surface area contributed by atoms with Gasteiger partial charge in [-0.15, -0.1) is 0 Å². The predicted molar refractivity (Wildman–Crippen MR) is 90.1 cm³/mol. The van der Waals surface area contributed by atoms with Gasteiger partial charge in [-0.3, -0.25) is 4.48 Å². The van der Waals surface area contributed by atoms with E-state index in [2.05, 4.69) is 62.5 Å².